The third-order valence-electron chi connectivity index (χ3n) is 3.56. The zero-order valence-electron chi connectivity index (χ0n) is 13.5. The molecule has 8 heteroatoms. The molecule has 2 N–H and O–H groups in total. The number of para-hydroxylation sites is 1. The van der Waals surface area contributed by atoms with Gasteiger partial charge in [-0.1, -0.05) is 30.0 Å². The highest BCUT2D eigenvalue weighted by atomic mass is 35.5. The Hall–Kier alpha value is -1.83. The van der Waals surface area contributed by atoms with E-state index in [0.717, 1.165) is 35.4 Å². The minimum atomic E-state index is 0. The van der Waals surface area contributed by atoms with Crippen LogP contribution in [-0.4, -0.2) is 30.3 Å². The Morgan fingerprint density at radius 2 is 2.00 bits per heavy atom. The molecule has 0 bridgehead atoms. The zero-order chi connectivity index (χ0) is 16.1. The van der Waals surface area contributed by atoms with Gasteiger partial charge in [-0.2, -0.15) is 5.10 Å². The first-order chi connectivity index (χ1) is 11.3. The first kappa shape index (κ1) is 18.5. The molecule has 128 valence electrons. The van der Waals surface area contributed by atoms with Crippen LogP contribution in [0.25, 0.3) is 5.69 Å². The number of rotatable bonds is 7. The summed E-state index contributed by atoms with van der Waals surface area (Å²) in [5.41, 5.74) is 8.10. The minimum absolute atomic E-state index is 0. The van der Waals surface area contributed by atoms with Gasteiger partial charge in [0.25, 0.3) is 0 Å². The summed E-state index contributed by atoms with van der Waals surface area (Å²) in [5.74, 6) is 1.74. The lowest BCUT2D eigenvalue weighted by molar-refractivity contribution is 0.606. The van der Waals surface area contributed by atoms with Gasteiger partial charge in [-0.05, 0) is 31.0 Å². The summed E-state index contributed by atoms with van der Waals surface area (Å²) in [5, 5.41) is 13.6. The average Bonchev–Trinajstić information content (AvgIpc) is 3.21. The second-order valence-corrected chi connectivity index (χ2v) is 6.26. The Labute approximate surface area is 151 Å². The summed E-state index contributed by atoms with van der Waals surface area (Å²) in [6.45, 7) is 3.36. The van der Waals surface area contributed by atoms with E-state index in [1.54, 1.807) is 18.0 Å². The van der Waals surface area contributed by atoms with Crippen molar-refractivity contribution in [1.82, 2.24) is 24.5 Å². The third-order valence-corrected chi connectivity index (χ3v) is 4.58. The quantitative estimate of drug-likeness (QED) is 0.515. The third kappa shape index (κ3) is 4.17. The van der Waals surface area contributed by atoms with Crippen LogP contribution in [0.15, 0.2) is 47.9 Å². The first-order valence-corrected chi connectivity index (χ1v) is 8.58. The summed E-state index contributed by atoms with van der Waals surface area (Å²) in [7, 11) is 0. The Morgan fingerprint density at radius 1 is 1.17 bits per heavy atom. The van der Waals surface area contributed by atoms with Crippen LogP contribution >= 0.6 is 24.2 Å². The second-order valence-electron chi connectivity index (χ2n) is 5.20. The Balaban J connectivity index is 0.00000208. The predicted octanol–water partition coefficient (Wildman–Crippen LogP) is 2.84. The van der Waals surface area contributed by atoms with Crippen molar-refractivity contribution in [2.75, 3.05) is 5.75 Å². The van der Waals surface area contributed by atoms with E-state index < -0.39 is 0 Å². The smallest absolute Gasteiger partial charge is 0.195 e. The van der Waals surface area contributed by atoms with Gasteiger partial charge in [0, 0.05) is 24.7 Å². The summed E-state index contributed by atoms with van der Waals surface area (Å²) >= 11 is 1.70. The van der Waals surface area contributed by atoms with Gasteiger partial charge in [-0.25, -0.2) is 0 Å². The topological polar surface area (TPSA) is 74.6 Å². The van der Waals surface area contributed by atoms with Crippen LogP contribution < -0.4 is 5.73 Å². The largest absolute Gasteiger partial charge is 0.324 e. The van der Waals surface area contributed by atoms with E-state index in [1.807, 2.05) is 29.1 Å². The van der Waals surface area contributed by atoms with Crippen LogP contribution in [0.1, 0.15) is 17.8 Å². The van der Waals surface area contributed by atoms with Gasteiger partial charge in [0.1, 0.15) is 0 Å². The van der Waals surface area contributed by atoms with Crippen molar-refractivity contribution in [2.24, 2.45) is 5.73 Å². The Kier molecular flexibility index (Phi) is 6.84. The van der Waals surface area contributed by atoms with Crippen molar-refractivity contribution in [3.63, 3.8) is 0 Å². The predicted molar refractivity (Wildman–Crippen MR) is 98.8 cm³/mol. The van der Waals surface area contributed by atoms with Gasteiger partial charge in [0.05, 0.1) is 12.2 Å². The Bertz CT molecular complexity index is 756. The lowest BCUT2D eigenvalue weighted by atomic mass is 10.2. The lowest BCUT2D eigenvalue weighted by Crippen LogP contribution is -2.09. The highest BCUT2D eigenvalue weighted by Crippen LogP contribution is 2.24. The molecule has 0 radical (unpaired) electrons. The molecule has 0 amide bonds. The lowest BCUT2D eigenvalue weighted by Gasteiger charge is -2.11. The van der Waals surface area contributed by atoms with Crippen LogP contribution in [0.3, 0.4) is 0 Å². The van der Waals surface area contributed by atoms with Crippen molar-refractivity contribution in [1.29, 1.82) is 0 Å². The Morgan fingerprint density at radius 3 is 2.71 bits per heavy atom. The fourth-order valence-electron chi connectivity index (χ4n) is 2.40. The van der Waals surface area contributed by atoms with Crippen LogP contribution in [0.4, 0.5) is 0 Å². The van der Waals surface area contributed by atoms with Crippen LogP contribution in [0.2, 0.25) is 0 Å². The molecule has 0 aliphatic heterocycles. The second kappa shape index (κ2) is 8.86. The summed E-state index contributed by atoms with van der Waals surface area (Å²) in [6.07, 6.45) is 4.80. The summed E-state index contributed by atoms with van der Waals surface area (Å²) in [4.78, 5) is 0. The molecular weight excluding hydrogens is 344 g/mol. The van der Waals surface area contributed by atoms with Crippen molar-refractivity contribution >= 4 is 24.2 Å². The van der Waals surface area contributed by atoms with Gasteiger partial charge in [0.15, 0.2) is 11.0 Å². The molecule has 0 aliphatic carbocycles. The maximum atomic E-state index is 5.83. The van der Waals surface area contributed by atoms with Crippen molar-refractivity contribution in [3.8, 4) is 5.69 Å². The van der Waals surface area contributed by atoms with Crippen molar-refractivity contribution < 1.29 is 0 Å². The van der Waals surface area contributed by atoms with E-state index in [0.29, 0.717) is 6.54 Å². The number of aryl methyl sites for hydroxylation is 2. The van der Waals surface area contributed by atoms with Crippen LogP contribution in [0.5, 0.6) is 0 Å². The summed E-state index contributed by atoms with van der Waals surface area (Å²) < 4.78 is 4.01. The molecule has 24 heavy (non-hydrogen) atoms. The normalized spacial score (nSPS) is 10.6. The molecule has 0 saturated heterocycles. The minimum Gasteiger partial charge on any atom is -0.324 e. The van der Waals surface area contributed by atoms with Crippen LogP contribution in [-0.2, 0) is 13.1 Å². The molecule has 0 unspecified atom stereocenters. The van der Waals surface area contributed by atoms with Crippen molar-refractivity contribution in [3.05, 3.63) is 54.1 Å². The van der Waals surface area contributed by atoms with E-state index in [1.165, 1.54) is 5.56 Å². The number of hydrogen-bond acceptors (Lipinski definition) is 5. The number of nitrogens with zero attached hydrogens (tertiary/aromatic N) is 5. The van der Waals surface area contributed by atoms with Gasteiger partial charge in [-0.3, -0.25) is 9.25 Å². The maximum Gasteiger partial charge on any atom is 0.195 e. The zero-order valence-corrected chi connectivity index (χ0v) is 15.1. The molecule has 1 aromatic carbocycles. The molecule has 3 aromatic rings. The molecule has 3 rings (SSSR count). The number of benzene rings is 1. The number of hydrogen-bond donors (Lipinski definition) is 1. The molecule has 2 aromatic heterocycles. The van der Waals surface area contributed by atoms with E-state index in [-0.39, 0.29) is 12.4 Å². The highest BCUT2D eigenvalue weighted by molar-refractivity contribution is 7.99. The highest BCUT2D eigenvalue weighted by Gasteiger charge is 2.14. The van der Waals surface area contributed by atoms with E-state index in [4.69, 9.17) is 5.73 Å². The van der Waals surface area contributed by atoms with Gasteiger partial charge < -0.3 is 5.73 Å². The van der Waals surface area contributed by atoms with Gasteiger partial charge in [0.2, 0.25) is 0 Å². The number of halogens is 1. The fourth-order valence-corrected chi connectivity index (χ4v) is 3.29. The van der Waals surface area contributed by atoms with E-state index >= 15 is 0 Å². The van der Waals surface area contributed by atoms with Gasteiger partial charge >= 0.3 is 0 Å². The fraction of sp³-hybridized carbons (Fsp3) is 0.312. The molecule has 0 atom stereocenters. The molecule has 6 nitrogen and oxygen atoms in total. The monoisotopic (exact) mass is 364 g/mol. The molecule has 0 aliphatic rings. The maximum absolute atomic E-state index is 5.83. The summed E-state index contributed by atoms with van der Waals surface area (Å²) in [6, 6.07) is 10.2. The number of aromatic nitrogens is 5. The van der Waals surface area contributed by atoms with Crippen molar-refractivity contribution in [2.45, 2.75) is 31.6 Å². The molecule has 0 saturated carbocycles. The first-order valence-electron chi connectivity index (χ1n) is 7.60. The standard InChI is InChI=1S/C16H20N6S.ClH/c1-13-6-2-3-7-14(13)22-15(12-17)19-20-16(22)23-11-5-10-21-9-4-8-18-21;/h2-4,6-9H,5,10-12,17H2,1H3;1H. The molecule has 0 spiro atoms. The van der Waals surface area contributed by atoms with E-state index in [9.17, 15) is 0 Å². The SMILES string of the molecule is Cc1ccccc1-n1c(CN)nnc1SCCCn1cccn1.Cl. The van der Waals surface area contributed by atoms with Crippen LogP contribution in [0, 0.1) is 6.92 Å². The van der Waals surface area contributed by atoms with E-state index in [2.05, 4.69) is 38.9 Å². The molecule has 0 fully saturated rings. The molecular formula is C16H21ClN6S. The van der Waals surface area contributed by atoms with Gasteiger partial charge in [-0.15, -0.1) is 22.6 Å². The number of nitrogens with two attached hydrogens (primary N) is 1. The molecule has 2 heterocycles. The number of thioether (sulfide) groups is 1. The average molecular weight is 365 g/mol.